The lowest BCUT2D eigenvalue weighted by Gasteiger charge is -2.29. The van der Waals surface area contributed by atoms with Gasteiger partial charge in [0, 0.05) is 24.1 Å². The Morgan fingerprint density at radius 1 is 1.33 bits per heavy atom. The van der Waals surface area contributed by atoms with E-state index in [2.05, 4.69) is 10.5 Å². The molecule has 1 aliphatic rings. The highest BCUT2D eigenvalue weighted by molar-refractivity contribution is 5.82. The van der Waals surface area contributed by atoms with E-state index in [0.717, 1.165) is 30.5 Å². The third kappa shape index (κ3) is 4.00. The van der Waals surface area contributed by atoms with Gasteiger partial charge >= 0.3 is 6.18 Å². The van der Waals surface area contributed by atoms with E-state index >= 15 is 0 Å². The van der Waals surface area contributed by atoms with Gasteiger partial charge in [0.2, 0.25) is 5.91 Å². The summed E-state index contributed by atoms with van der Waals surface area (Å²) in [6, 6.07) is 4.58. The van der Waals surface area contributed by atoms with Crippen LogP contribution in [-0.2, 0) is 23.9 Å². The molecule has 0 aliphatic carbocycles. The van der Waals surface area contributed by atoms with Gasteiger partial charge in [-0.1, -0.05) is 30.6 Å². The molecule has 1 aromatic heterocycles. The number of nitrogens with zero attached hydrogens (tertiary/aromatic N) is 2. The van der Waals surface area contributed by atoms with Gasteiger partial charge in [0.1, 0.15) is 11.5 Å². The Morgan fingerprint density at radius 2 is 2.04 bits per heavy atom. The van der Waals surface area contributed by atoms with E-state index < -0.39 is 11.7 Å². The Balaban J connectivity index is 1.83. The molecule has 0 radical (unpaired) electrons. The Morgan fingerprint density at radius 3 is 2.63 bits per heavy atom. The van der Waals surface area contributed by atoms with Crippen LogP contribution in [0.25, 0.3) is 11.3 Å². The smallest absolute Gasteiger partial charge is 0.360 e. The zero-order valence-electron chi connectivity index (χ0n) is 15.3. The molecule has 8 heteroatoms. The first-order chi connectivity index (χ1) is 12.8. The molecule has 0 saturated carbocycles. The number of aromatic nitrogens is 1. The maximum absolute atomic E-state index is 12.8. The highest BCUT2D eigenvalue weighted by Gasteiger charge is 2.32. The van der Waals surface area contributed by atoms with Crippen molar-refractivity contribution in [2.45, 2.75) is 44.9 Å². The maximum Gasteiger partial charge on any atom is 0.416 e. The average Bonchev–Trinajstić information content (AvgIpc) is 3.08. The molecular formula is C19H22F3N3O2. The van der Waals surface area contributed by atoms with Gasteiger partial charge in [0.25, 0.3) is 0 Å². The molecule has 0 bridgehead atoms. The molecule has 3 rings (SSSR count). The Kier molecular flexibility index (Phi) is 5.55. The summed E-state index contributed by atoms with van der Waals surface area (Å²) in [5, 5.41) is 7.09. The Bertz CT molecular complexity index is 800. The van der Waals surface area contributed by atoms with Gasteiger partial charge in [-0.3, -0.25) is 4.79 Å². The number of likely N-dealkylation sites (N-methyl/N-ethyl adjacent to an activating group) is 1. The topological polar surface area (TPSA) is 58.4 Å². The van der Waals surface area contributed by atoms with Crippen LogP contribution in [0.15, 0.2) is 28.8 Å². The van der Waals surface area contributed by atoms with E-state index in [1.807, 2.05) is 6.92 Å². The van der Waals surface area contributed by atoms with Crippen molar-refractivity contribution in [3.63, 3.8) is 0 Å². The van der Waals surface area contributed by atoms with Gasteiger partial charge in [0.15, 0.2) is 0 Å². The summed E-state index contributed by atoms with van der Waals surface area (Å²) in [7, 11) is 1.76. The van der Waals surface area contributed by atoms with Crippen LogP contribution in [0.1, 0.15) is 36.7 Å². The quantitative estimate of drug-likeness (QED) is 0.859. The Labute approximate surface area is 155 Å². The van der Waals surface area contributed by atoms with E-state index in [0.29, 0.717) is 36.5 Å². The monoisotopic (exact) mass is 381 g/mol. The fraction of sp³-hybridized carbons (Fsp3) is 0.474. The number of rotatable bonds is 5. The molecule has 0 spiro atoms. The van der Waals surface area contributed by atoms with E-state index in [9.17, 15) is 18.0 Å². The Hall–Kier alpha value is -2.35. The van der Waals surface area contributed by atoms with Gasteiger partial charge in [-0.2, -0.15) is 13.2 Å². The molecule has 1 N–H and O–H groups in total. The van der Waals surface area contributed by atoms with E-state index in [4.69, 9.17) is 4.52 Å². The molecule has 1 amide bonds. The van der Waals surface area contributed by atoms with Crippen LogP contribution in [0.5, 0.6) is 0 Å². The van der Waals surface area contributed by atoms with Gasteiger partial charge in [-0.25, -0.2) is 0 Å². The first-order valence-corrected chi connectivity index (χ1v) is 8.96. The van der Waals surface area contributed by atoms with Crippen molar-refractivity contribution in [1.82, 2.24) is 15.4 Å². The largest absolute Gasteiger partial charge is 0.416 e. The molecular weight excluding hydrogens is 359 g/mol. The summed E-state index contributed by atoms with van der Waals surface area (Å²) in [6.45, 7) is 2.90. The fourth-order valence-electron chi connectivity index (χ4n) is 3.34. The number of nitrogens with one attached hydrogen (secondary N) is 1. The number of alkyl halides is 3. The summed E-state index contributed by atoms with van der Waals surface area (Å²) in [5.74, 6) is 0.704. The standard InChI is InChI=1S/C19H22F3N3O2/c1-3-4-15(23-2)18(26)25-10-9-16-14(11-25)17(24-27-16)12-5-7-13(8-6-12)19(20,21)22/h5-8,15,23H,3-4,9-11H2,1-2H3/t15-/m0/s1. The summed E-state index contributed by atoms with van der Waals surface area (Å²) in [6.07, 6.45) is -2.21. The molecule has 1 aromatic carbocycles. The minimum Gasteiger partial charge on any atom is -0.360 e. The first kappa shape index (κ1) is 19.4. The van der Waals surface area contributed by atoms with Crippen molar-refractivity contribution in [1.29, 1.82) is 0 Å². The number of hydrogen-bond donors (Lipinski definition) is 1. The van der Waals surface area contributed by atoms with Crippen molar-refractivity contribution < 1.29 is 22.5 Å². The van der Waals surface area contributed by atoms with Crippen LogP contribution in [0.4, 0.5) is 13.2 Å². The number of halogens is 3. The van der Waals surface area contributed by atoms with Crippen LogP contribution in [-0.4, -0.2) is 35.6 Å². The highest BCUT2D eigenvalue weighted by atomic mass is 19.4. The van der Waals surface area contributed by atoms with E-state index in [-0.39, 0.29) is 11.9 Å². The van der Waals surface area contributed by atoms with Gasteiger partial charge < -0.3 is 14.7 Å². The predicted molar refractivity (Wildman–Crippen MR) is 93.8 cm³/mol. The zero-order valence-corrected chi connectivity index (χ0v) is 15.3. The van der Waals surface area contributed by atoms with Crippen LogP contribution < -0.4 is 5.32 Å². The normalized spacial score (nSPS) is 15.5. The number of hydrogen-bond acceptors (Lipinski definition) is 4. The number of carbonyl (C=O) groups is 1. The lowest BCUT2D eigenvalue weighted by Crippen LogP contribution is -2.46. The van der Waals surface area contributed by atoms with E-state index in [1.54, 1.807) is 11.9 Å². The summed E-state index contributed by atoms with van der Waals surface area (Å²) in [4.78, 5) is 14.5. The number of carbonyl (C=O) groups excluding carboxylic acids is 1. The van der Waals surface area contributed by atoms with Gasteiger partial charge in [0.05, 0.1) is 18.2 Å². The summed E-state index contributed by atoms with van der Waals surface area (Å²) in [5.41, 5.74) is 1.09. The van der Waals surface area contributed by atoms with Crippen molar-refractivity contribution in [3.8, 4) is 11.3 Å². The van der Waals surface area contributed by atoms with Crippen LogP contribution in [0.3, 0.4) is 0 Å². The minimum absolute atomic E-state index is 0.0181. The number of fused-ring (bicyclic) bond motifs is 1. The third-order valence-electron chi connectivity index (χ3n) is 4.85. The molecule has 5 nitrogen and oxygen atoms in total. The lowest BCUT2D eigenvalue weighted by molar-refractivity contribution is -0.137. The van der Waals surface area contributed by atoms with Crippen molar-refractivity contribution >= 4 is 5.91 Å². The van der Waals surface area contributed by atoms with Gasteiger partial charge in [-0.15, -0.1) is 0 Å². The molecule has 27 heavy (non-hydrogen) atoms. The number of amides is 1. The average molecular weight is 381 g/mol. The third-order valence-corrected chi connectivity index (χ3v) is 4.85. The second kappa shape index (κ2) is 7.72. The van der Waals surface area contributed by atoms with Crippen LogP contribution in [0, 0.1) is 0 Å². The molecule has 2 heterocycles. The maximum atomic E-state index is 12.8. The second-order valence-corrected chi connectivity index (χ2v) is 6.65. The summed E-state index contributed by atoms with van der Waals surface area (Å²) >= 11 is 0. The molecule has 2 aromatic rings. The molecule has 146 valence electrons. The van der Waals surface area contributed by atoms with Gasteiger partial charge in [-0.05, 0) is 25.6 Å². The number of benzene rings is 1. The predicted octanol–water partition coefficient (Wildman–Crippen LogP) is 3.63. The fourth-order valence-corrected chi connectivity index (χ4v) is 3.34. The minimum atomic E-state index is -4.38. The van der Waals surface area contributed by atoms with E-state index in [1.165, 1.54) is 12.1 Å². The first-order valence-electron chi connectivity index (χ1n) is 8.96. The lowest BCUT2D eigenvalue weighted by atomic mass is 9.99. The van der Waals surface area contributed by atoms with Crippen LogP contribution in [0.2, 0.25) is 0 Å². The molecule has 0 unspecified atom stereocenters. The summed E-state index contributed by atoms with van der Waals surface area (Å²) < 4.78 is 43.7. The van der Waals surface area contributed by atoms with Crippen molar-refractivity contribution in [2.75, 3.05) is 13.6 Å². The zero-order chi connectivity index (χ0) is 19.6. The molecule has 1 aliphatic heterocycles. The second-order valence-electron chi connectivity index (χ2n) is 6.65. The van der Waals surface area contributed by atoms with Crippen molar-refractivity contribution in [3.05, 3.63) is 41.2 Å². The highest BCUT2D eigenvalue weighted by Crippen LogP contribution is 2.33. The SMILES string of the molecule is CCC[C@H](NC)C(=O)N1CCc2onc(-c3ccc(C(F)(F)F)cc3)c2C1. The van der Waals surface area contributed by atoms with Crippen molar-refractivity contribution in [2.24, 2.45) is 0 Å². The molecule has 0 saturated heterocycles. The molecule has 1 atom stereocenters. The molecule has 0 fully saturated rings. The van der Waals surface area contributed by atoms with Crippen LogP contribution >= 0.6 is 0 Å².